The number of aromatic nitrogens is 1. The molecule has 0 saturated carbocycles. The third-order valence-electron chi connectivity index (χ3n) is 3.41. The zero-order valence-corrected chi connectivity index (χ0v) is 11.6. The number of ether oxygens (including phenoxy) is 1. The van der Waals surface area contributed by atoms with Crippen molar-refractivity contribution in [3.8, 4) is 5.75 Å². The van der Waals surface area contributed by atoms with Crippen LogP contribution in [0.5, 0.6) is 5.75 Å². The highest BCUT2D eigenvalue weighted by molar-refractivity contribution is 6.04. The normalized spacial score (nSPS) is 11.0. The molecule has 0 saturated heterocycles. The standard InChI is InChI=1S/C15H12N2O5/c1-2-22-15(19)14-13(18)7-11-9-5-3-4-6-10(9)12(17(20)21)8-16(11)14/h3-8,18H,2H2,1H3. The van der Waals surface area contributed by atoms with Crippen LogP contribution in [-0.2, 0) is 4.74 Å². The van der Waals surface area contributed by atoms with E-state index >= 15 is 0 Å². The van der Waals surface area contributed by atoms with Gasteiger partial charge in [-0.3, -0.25) is 10.1 Å². The Labute approximate surface area is 124 Å². The van der Waals surface area contributed by atoms with Crippen LogP contribution in [0.15, 0.2) is 36.5 Å². The number of carbonyl (C=O) groups excluding carboxylic acids is 1. The summed E-state index contributed by atoms with van der Waals surface area (Å²) in [4.78, 5) is 22.8. The number of fused-ring (bicyclic) bond motifs is 3. The Morgan fingerprint density at radius 1 is 1.36 bits per heavy atom. The van der Waals surface area contributed by atoms with Crippen molar-refractivity contribution < 1.29 is 19.6 Å². The summed E-state index contributed by atoms with van der Waals surface area (Å²) < 4.78 is 6.20. The molecule has 1 N–H and O–H groups in total. The SMILES string of the molecule is CCOC(=O)c1c(O)cc2c3ccccc3c([N+](=O)[O-])cn12. The number of esters is 1. The maximum atomic E-state index is 12.0. The Balaban J connectivity index is 2.44. The van der Waals surface area contributed by atoms with Gasteiger partial charge in [-0.1, -0.05) is 18.2 Å². The highest BCUT2D eigenvalue weighted by atomic mass is 16.6. The smallest absolute Gasteiger partial charge is 0.359 e. The molecule has 0 aliphatic heterocycles. The zero-order chi connectivity index (χ0) is 15.9. The molecule has 0 spiro atoms. The molecular weight excluding hydrogens is 288 g/mol. The molecule has 1 aromatic carbocycles. The molecular formula is C15H12N2O5. The topological polar surface area (TPSA) is 94.1 Å². The molecule has 3 aromatic rings. The molecule has 0 radical (unpaired) electrons. The lowest BCUT2D eigenvalue weighted by Gasteiger charge is -2.06. The lowest BCUT2D eigenvalue weighted by molar-refractivity contribution is -0.383. The number of nitrogens with zero attached hydrogens (tertiary/aromatic N) is 2. The molecule has 0 atom stereocenters. The summed E-state index contributed by atoms with van der Waals surface area (Å²) in [7, 11) is 0. The van der Waals surface area contributed by atoms with Crippen LogP contribution in [0.3, 0.4) is 0 Å². The van der Waals surface area contributed by atoms with E-state index in [0.717, 1.165) is 0 Å². The number of nitro groups is 1. The number of benzene rings is 1. The number of aromatic hydroxyl groups is 1. The van der Waals surface area contributed by atoms with Crippen molar-refractivity contribution in [3.05, 3.63) is 52.3 Å². The second-order valence-corrected chi connectivity index (χ2v) is 4.67. The zero-order valence-electron chi connectivity index (χ0n) is 11.6. The first-order chi connectivity index (χ1) is 10.5. The van der Waals surface area contributed by atoms with Gasteiger partial charge in [0.25, 0.3) is 5.69 Å². The fourth-order valence-corrected chi connectivity index (χ4v) is 2.52. The van der Waals surface area contributed by atoms with Crippen LogP contribution in [0.25, 0.3) is 16.3 Å². The third kappa shape index (κ3) is 1.95. The summed E-state index contributed by atoms with van der Waals surface area (Å²) in [5.41, 5.74) is 0.233. The van der Waals surface area contributed by atoms with Gasteiger partial charge >= 0.3 is 5.97 Å². The molecule has 3 rings (SSSR count). The van der Waals surface area contributed by atoms with E-state index in [9.17, 15) is 20.0 Å². The summed E-state index contributed by atoms with van der Waals surface area (Å²) in [6.07, 6.45) is 1.23. The molecule has 2 heterocycles. The van der Waals surface area contributed by atoms with Crippen LogP contribution in [-0.4, -0.2) is 27.0 Å². The summed E-state index contributed by atoms with van der Waals surface area (Å²) in [5.74, 6) is -1.01. The minimum absolute atomic E-state index is 0.120. The maximum absolute atomic E-state index is 12.0. The lowest BCUT2D eigenvalue weighted by Crippen LogP contribution is -2.08. The molecule has 112 valence electrons. The predicted octanol–water partition coefficient (Wildman–Crippen LogP) is 2.88. The minimum Gasteiger partial charge on any atom is -0.505 e. The number of hydrogen-bond acceptors (Lipinski definition) is 5. The van der Waals surface area contributed by atoms with Crippen LogP contribution in [0.1, 0.15) is 17.4 Å². The van der Waals surface area contributed by atoms with Gasteiger partial charge in [0.05, 0.1) is 28.6 Å². The van der Waals surface area contributed by atoms with Crippen molar-refractivity contribution in [2.45, 2.75) is 6.92 Å². The third-order valence-corrected chi connectivity index (χ3v) is 3.41. The average Bonchev–Trinajstić information content (AvgIpc) is 2.82. The van der Waals surface area contributed by atoms with Crippen LogP contribution in [0.4, 0.5) is 5.69 Å². The Bertz CT molecular complexity index is 913. The summed E-state index contributed by atoms with van der Waals surface area (Å²) in [6, 6.07) is 8.16. The first kappa shape index (κ1) is 13.9. The monoisotopic (exact) mass is 300 g/mol. The van der Waals surface area contributed by atoms with Crippen molar-refractivity contribution in [1.29, 1.82) is 0 Å². The molecule has 0 fully saturated rings. The van der Waals surface area contributed by atoms with Crippen molar-refractivity contribution in [2.24, 2.45) is 0 Å². The maximum Gasteiger partial charge on any atom is 0.359 e. The van der Waals surface area contributed by atoms with Gasteiger partial charge in [0, 0.05) is 11.5 Å². The Morgan fingerprint density at radius 2 is 2.05 bits per heavy atom. The molecule has 0 aliphatic carbocycles. The highest BCUT2D eigenvalue weighted by Gasteiger charge is 2.23. The first-order valence-electron chi connectivity index (χ1n) is 6.62. The quantitative estimate of drug-likeness (QED) is 0.456. The fraction of sp³-hybridized carbons (Fsp3) is 0.133. The van der Waals surface area contributed by atoms with Crippen LogP contribution in [0.2, 0.25) is 0 Å². The van der Waals surface area contributed by atoms with E-state index in [-0.39, 0.29) is 23.7 Å². The molecule has 2 aromatic heterocycles. The van der Waals surface area contributed by atoms with Gasteiger partial charge in [-0.25, -0.2) is 4.79 Å². The second-order valence-electron chi connectivity index (χ2n) is 4.67. The van der Waals surface area contributed by atoms with Crippen LogP contribution < -0.4 is 0 Å². The molecule has 7 heteroatoms. The van der Waals surface area contributed by atoms with E-state index in [1.54, 1.807) is 31.2 Å². The molecule has 0 aliphatic rings. The minimum atomic E-state index is -0.732. The molecule has 22 heavy (non-hydrogen) atoms. The van der Waals surface area contributed by atoms with Crippen molar-refractivity contribution in [1.82, 2.24) is 4.40 Å². The Kier molecular flexibility index (Phi) is 3.17. The summed E-state index contributed by atoms with van der Waals surface area (Å²) in [6.45, 7) is 1.78. The van der Waals surface area contributed by atoms with E-state index in [2.05, 4.69) is 0 Å². The highest BCUT2D eigenvalue weighted by Crippen LogP contribution is 2.34. The molecule has 0 unspecified atom stereocenters. The number of pyridine rings is 1. The van der Waals surface area contributed by atoms with Crippen molar-refractivity contribution >= 4 is 27.9 Å². The molecule has 0 bridgehead atoms. The van der Waals surface area contributed by atoms with Gasteiger partial charge in [0.15, 0.2) is 5.69 Å². The predicted molar refractivity (Wildman–Crippen MR) is 79.2 cm³/mol. The average molecular weight is 300 g/mol. The number of carbonyl (C=O) groups is 1. The van der Waals surface area contributed by atoms with E-state index in [1.165, 1.54) is 16.7 Å². The van der Waals surface area contributed by atoms with E-state index < -0.39 is 10.9 Å². The van der Waals surface area contributed by atoms with Gasteiger partial charge in [0.1, 0.15) is 5.75 Å². The number of rotatable bonds is 3. The summed E-state index contributed by atoms with van der Waals surface area (Å²) >= 11 is 0. The van der Waals surface area contributed by atoms with Crippen molar-refractivity contribution in [2.75, 3.05) is 6.61 Å². The van der Waals surface area contributed by atoms with E-state index in [1.807, 2.05) is 0 Å². The lowest BCUT2D eigenvalue weighted by atomic mass is 10.1. The van der Waals surface area contributed by atoms with E-state index in [4.69, 9.17) is 4.74 Å². The van der Waals surface area contributed by atoms with Gasteiger partial charge in [-0.2, -0.15) is 0 Å². The number of hydrogen-bond donors (Lipinski definition) is 1. The Hall–Kier alpha value is -3.09. The molecule has 7 nitrogen and oxygen atoms in total. The summed E-state index contributed by atoms with van der Waals surface area (Å²) in [5, 5.41) is 22.3. The Morgan fingerprint density at radius 3 is 2.68 bits per heavy atom. The van der Waals surface area contributed by atoms with Gasteiger partial charge in [-0.15, -0.1) is 0 Å². The van der Waals surface area contributed by atoms with Gasteiger partial charge < -0.3 is 14.2 Å². The van der Waals surface area contributed by atoms with Crippen molar-refractivity contribution in [3.63, 3.8) is 0 Å². The molecule has 0 amide bonds. The van der Waals surface area contributed by atoms with E-state index in [0.29, 0.717) is 16.3 Å². The van der Waals surface area contributed by atoms with Crippen LogP contribution in [0, 0.1) is 10.1 Å². The fourth-order valence-electron chi connectivity index (χ4n) is 2.52. The van der Waals surface area contributed by atoms with Gasteiger partial charge in [-0.05, 0) is 13.0 Å². The first-order valence-corrected chi connectivity index (χ1v) is 6.62. The second kappa shape index (κ2) is 5.03. The van der Waals surface area contributed by atoms with Gasteiger partial charge in [0.2, 0.25) is 0 Å². The van der Waals surface area contributed by atoms with Crippen LogP contribution >= 0.6 is 0 Å². The largest absolute Gasteiger partial charge is 0.505 e.